The fourth-order valence-electron chi connectivity index (χ4n) is 3.71. The van der Waals surface area contributed by atoms with E-state index in [-0.39, 0.29) is 0 Å². The zero-order valence-corrected chi connectivity index (χ0v) is 12.3. The number of nitrogens with zero attached hydrogens (tertiary/aromatic N) is 1. The van der Waals surface area contributed by atoms with Gasteiger partial charge < -0.3 is 5.32 Å². The lowest BCUT2D eigenvalue weighted by atomic mass is 9.85. The predicted molar refractivity (Wildman–Crippen MR) is 84.7 cm³/mol. The van der Waals surface area contributed by atoms with Crippen molar-refractivity contribution in [2.45, 2.75) is 44.6 Å². The Kier molecular flexibility index (Phi) is 4.31. The van der Waals surface area contributed by atoms with Crippen molar-refractivity contribution in [1.29, 1.82) is 0 Å². The molecule has 20 heavy (non-hydrogen) atoms. The second-order valence-corrected chi connectivity index (χ2v) is 5.96. The molecule has 3 rings (SSSR count). The van der Waals surface area contributed by atoms with Crippen LogP contribution in [-0.4, -0.2) is 12.0 Å². The topological polar surface area (TPSA) is 24.9 Å². The zero-order chi connectivity index (χ0) is 13.8. The highest BCUT2D eigenvalue weighted by atomic mass is 14.9. The lowest BCUT2D eigenvalue weighted by Crippen LogP contribution is -2.25. The normalized spacial score (nSPS) is 18.9. The molecule has 0 saturated heterocycles. The van der Waals surface area contributed by atoms with Crippen LogP contribution in [0, 0.1) is 5.92 Å². The maximum Gasteiger partial charge on any atom is 0.0352 e. The Morgan fingerprint density at radius 2 is 1.90 bits per heavy atom. The second-order valence-electron chi connectivity index (χ2n) is 5.96. The summed E-state index contributed by atoms with van der Waals surface area (Å²) in [5, 5.41) is 6.19. The van der Waals surface area contributed by atoms with E-state index in [1.807, 2.05) is 12.4 Å². The van der Waals surface area contributed by atoms with Gasteiger partial charge in [-0.3, -0.25) is 4.98 Å². The van der Waals surface area contributed by atoms with Crippen LogP contribution in [0.2, 0.25) is 0 Å². The Morgan fingerprint density at radius 1 is 1.10 bits per heavy atom. The second kappa shape index (κ2) is 6.36. The molecule has 1 aliphatic carbocycles. The average Bonchev–Trinajstić information content (AvgIpc) is 2.78. The molecule has 0 aliphatic heterocycles. The van der Waals surface area contributed by atoms with E-state index in [0.717, 1.165) is 5.92 Å². The maximum atomic E-state index is 4.25. The first-order chi connectivity index (χ1) is 9.90. The van der Waals surface area contributed by atoms with E-state index in [1.165, 1.54) is 54.9 Å². The summed E-state index contributed by atoms with van der Waals surface area (Å²) in [7, 11) is 2.11. The first-order valence-electron chi connectivity index (χ1n) is 7.90. The molecular formula is C18H24N2. The molecule has 1 N–H and O–H groups in total. The fourth-order valence-corrected chi connectivity index (χ4v) is 3.71. The molecule has 2 nitrogen and oxygen atoms in total. The molecule has 2 heteroatoms. The molecule has 106 valence electrons. The third kappa shape index (κ3) is 2.71. The third-order valence-corrected chi connectivity index (χ3v) is 4.73. The highest BCUT2D eigenvalue weighted by Gasteiger charge is 2.24. The third-order valence-electron chi connectivity index (χ3n) is 4.73. The quantitative estimate of drug-likeness (QED) is 0.831. The Morgan fingerprint density at radius 3 is 2.65 bits per heavy atom. The molecule has 1 heterocycles. The monoisotopic (exact) mass is 268 g/mol. The van der Waals surface area contributed by atoms with E-state index in [1.54, 1.807) is 0 Å². The number of hydrogen-bond acceptors (Lipinski definition) is 2. The number of fused-ring (bicyclic) bond motifs is 1. The van der Waals surface area contributed by atoms with Crippen molar-refractivity contribution in [3.63, 3.8) is 0 Å². The van der Waals surface area contributed by atoms with Gasteiger partial charge in [-0.15, -0.1) is 0 Å². The summed E-state index contributed by atoms with van der Waals surface area (Å²) in [6.07, 6.45) is 12.2. The van der Waals surface area contributed by atoms with Crippen molar-refractivity contribution < 1.29 is 0 Å². The molecular weight excluding hydrogens is 244 g/mol. The molecule has 1 saturated carbocycles. The molecule has 1 atom stereocenters. The van der Waals surface area contributed by atoms with Gasteiger partial charge in [0.25, 0.3) is 0 Å². The molecule has 0 bridgehead atoms. The van der Waals surface area contributed by atoms with Gasteiger partial charge in [0.1, 0.15) is 0 Å². The zero-order valence-electron chi connectivity index (χ0n) is 12.3. The van der Waals surface area contributed by atoms with Crippen molar-refractivity contribution in [2.24, 2.45) is 5.92 Å². The summed E-state index contributed by atoms with van der Waals surface area (Å²) in [4.78, 5) is 4.25. The van der Waals surface area contributed by atoms with Gasteiger partial charge in [0.2, 0.25) is 0 Å². The van der Waals surface area contributed by atoms with Gasteiger partial charge in [0, 0.05) is 23.8 Å². The summed E-state index contributed by atoms with van der Waals surface area (Å²) in [5.41, 5.74) is 1.44. The summed E-state index contributed by atoms with van der Waals surface area (Å²) in [5.74, 6) is 0.765. The van der Waals surface area contributed by atoms with E-state index < -0.39 is 0 Å². The standard InChI is InChI=1S/C18H24N2/c1-19-18(14-7-4-2-3-5-8-14)17-10-6-9-15-13-20-12-11-16(15)17/h6,9-14,18-19H,2-5,7-8H2,1H3. The highest BCUT2D eigenvalue weighted by Crippen LogP contribution is 2.35. The van der Waals surface area contributed by atoms with Crippen molar-refractivity contribution >= 4 is 10.8 Å². The Balaban J connectivity index is 1.98. The van der Waals surface area contributed by atoms with Crippen LogP contribution in [0.15, 0.2) is 36.7 Å². The number of nitrogens with one attached hydrogen (secondary N) is 1. The van der Waals surface area contributed by atoms with Crippen LogP contribution in [-0.2, 0) is 0 Å². The molecule has 1 fully saturated rings. The van der Waals surface area contributed by atoms with Crippen molar-refractivity contribution in [1.82, 2.24) is 10.3 Å². The van der Waals surface area contributed by atoms with Crippen LogP contribution >= 0.6 is 0 Å². The number of hydrogen-bond donors (Lipinski definition) is 1. The highest BCUT2D eigenvalue weighted by molar-refractivity contribution is 5.85. The molecule has 1 aromatic heterocycles. The number of benzene rings is 1. The van der Waals surface area contributed by atoms with Crippen LogP contribution in [0.1, 0.15) is 50.1 Å². The van der Waals surface area contributed by atoms with Gasteiger partial charge in [0.15, 0.2) is 0 Å². The van der Waals surface area contributed by atoms with Gasteiger partial charge in [-0.05, 0) is 42.8 Å². The molecule has 2 aromatic rings. The van der Waals surface area contributed by atoms with Crippen LogP contribution in [0.5, 0.6) is 0 Å². The minimum Gasteiger partial charge on any atom is -0.313 e. The van der Waals surface area contributed by atoms with Gasteiger partial charge in [-0.25, -0.2) is 0 Å². The molecule has 1 aromatic carbocycles. The van der Waals surface area contributed by atoms with Gasteiger partial charge >= 0.3 is 0 Å². The average molecular weight is 268 g/mol. The molecule has 0 radical (unpaired) electrons. The Labute approximate surface area is 121 Å². The van der Waals surface area contributed by atoms with Gasteiger partial charge in [-0.2, -0.15) is 0 Å². The molecule has 1 unspecified atom stereocenters. The van der Waals surface area contributed by atoms with Gasteiger partial charge in [-0.1, -0.05) is 43.9 Å². The summed E-state index contributed by atoms with van der Waals surface area (Å²) in [6, 6.07) is 9.24. The minimum atomic E-state index is 0.471. The summed E-state index contributed by atoms with van der Waals surface area (Å²) >= 11 is 0. The Bertz CT molecular complexity index is 551. The lowest BCUT2D eigenvalue weighted by molar-refractivity contribution is 0.343. The predicted octanol–water partition coefficient (Wildman–Crippen LogP) is 4.47. The Hall–Kier alpha value is -1.41. The first kappa shape index (κ1) is 13.6. The van der Waals surface area contributed by atoms with E-state index in [0.29, 0.717) is 6.04 Å². The molecule has 1 aliphatic rings. The number of aromatic nitrogens is 1. The smallest absolute Gasteiger partial charge is 0.0352 e. The molecule has 0 amide bonds. The van der Waals surface area contributed by atoms with Crippen LogP contribution in [0.4, 0.5) is 0 Å². The van der Waals surface area contributed by atoms with E-state index >= 15 is 0 Å². The van der Waals surface area contributed by atoms with E-state index in [4.69, 9.17) is 0 Å². The largest absolute Gasteiger partial charge is 0.313 e. The summed E-state index contributed by atoms with van der Waals surface area (Å²) < 4.78 is 0. The van der Waals surface area contributed by atoms with Crippen LogP contribution in [0.25, 0.3) is 10.8 Å². The van der Waals surface area contributed by atoms with E-state index in [2.05, 4.69) is 41.6 Å². The van der Waals surface area contributed by atoms with E-state index in [9.17, 15) is 0 Å². The van der Waals surface area contributed by atoms with Crippen LogP contribution < -0.4 is 5.32 Å². The lowest BCUT2D eigenvalue weighted by Gasteiger charge is -2.27. The summed E-state index contributed by atoms with van der Waals surface area (Å²) in [6.45, 7) is 0. The SMILES string of the molecule is CNC(c1cccc2cnccc12)C1CCCCCC1. The minimum absolute atomic E-state index is 0.471. The van der Waals surface area contributed by atoms with Crippen LogP contribution in [0.3, 0.4) is 0 Å². The number of pyridine rings is 1. The molecule has 0 spiro atoms. The fraction of sp³-hybridized carbons (Fsp3) is 0.500. The number of rotatable bonds is 3. The first-order valence-corrected chi connectivity index (χ1v) is 7.90. The van der Waals surface area contributed by atoms with Crippen molar-refractivity contribution in [3.8, 4) is 0 Å². The van der Waals surface area contributed by atoms with Gasteiger partial charge in [0.05, 0.1) is 0 Å². The maximum absolute atomic E-state index is 4.25. The van der Waals surface area contributed by atoms with Crippen molar-refractivity contribution in [3.05, 3.63) is 42.2 Å². The van der Waals surface area contributed by atoms with Crippen molar-refractivity contribution in [2.75, 3.05) is 7.05 Å².